The summed E-state index contributed by atoms with van der Waals surface area (Å²) in [6, 6.07) is 0.537. The molecule has 3 nitrogen and oxygen atoms in total. The Kier molecular flexibility index (Phi) is 5.61. The van der Waals surface area contributed by atoms with Crippen LogP contribution in [-0.4, -0.2) is 50.3 Å². The van der Waals surface area contributed by atoms with E-state index >= 15 is 0 Å². The van der Waals surface area contributed by atoms with E-state index in [0.717, 1.165) is 32.6 Å². The topological polar surface area (TPSA) is 24.5 Å². The molecule has 0 aromatic heterocycles. The average Bonchev–Trinajstić information content (AvgIpc) is 2.66. The Balaban J connectivity index is 2.31. The Morgan fingerprint density at radius 2 is 2.07 bits per heavy atom. The number of rotatable bonds is 7. The third-order valence-electron chi connectivity index (χ3n) is 2.77. The van der Waals surface area contributed by atoms with Crippen LogP contribution in [0.1, 0.15) is 6.42 Å². The van der Waals surface area contributed by atoms with Gasteiger partial charge in [0.05, 0.1) is 6.10 Å². The van der Waals surface area contributed by atoms with Crippen LogP contribution in [0.4, 0.5) is 0 Å². The number of nitrogens with zero attached hydrogens (tertiary/aromatic N) is 1. The molecule has 0 radical (unpaired) electrons. The van der Waals surface area contributed by atoms with Crippen LogP contribution in [-0.2, 0) is 4.74 Å². The van der Waals surface area contributed by atoms with Gasteiger partial charge in [-0.3, -0.25) is 4.90 Å². The smallest absolute Gasteiger partial charge is 0.0711 e. The molecule has 15 heavy (non-hydrogen) atoms. The minimum absolute atomic E-state index is 0.379. The van der Waals surface area contributed by atoms with E-state index in [1.165, 1.54) is 0 Å². The monoisotopic (exact) mass is 210 g/mol. The highest BCUT2D eigenvalue weighted by atomic mass is 16.5. The van der Waals surface area contributed by atoms with E-state index < -0.39 is 0 Å². The molecule has 1 aliphatic rings. The van der Waals surface area contributed by atoms with Crippen molar-refractivity contribution < 1.29 is 4.74 Å². The SMILES string of the molecule is C=CCN(CC=C)CC1CC(OC)CN1. The average molecular weight is 210 g/mol. The summed E-state index contributed by atoms with van der Waals surface area (Å²) in [7, 11) is 1.78. The summed E-state index contributed by atoms with van der Waals surface area (Å²) in [5.41, 5.74) is 0. The normalized spacial score (nSPS) is 25.7. The van der Waals surface area contributed by atoms with Crippen molar-refractivity contribution in [1.29, 1.82) is 0 Å². The Bertz CT molecular complexity index is 196. The standard InChI is InChI=1S/C12H22N2O/c1-4-6-14(7-5-2)10-11-8-12(15-3)9-13-11/h4-5,11-13H,1-2,6-10H2,3H3. The molecule has 1 N–H and O–H groups in total. The number of nitrogens with one attached hydrogen (secondary N) is 1. The van der Waals surface area contributed by atoms with Crippen LogP contribution in [0.5, 0.6) is 0 Å². The molecule has 1 saturated heterocycles. The molecule has 1 fully saturated rings. The molecule has 0 spiro atoms. The van der Waals surface area contributed by atoms with Gasteiger partial charge in [0.1, 0.15) is 0 Å². The van der Waals surface area contributed by atoms with E-state index in [4.69, 9.17) is 4.74 Å². The van der Waals surface area contributed by atoms with Crippen molar-refractivity contribution in [3.8, 4) is 0 Å². The second kappa shape index (κ2) is 6.77. The van der Waals surface area contributed by atoms with E-state index in [1.807, 2.05) is 12.2 Å². The van der Waals surface area contributed by atoms with Crippen molar-refractivity contribution in [3.63, 3.8) is 0 Å². The zero-order valence-corrected chi connectivity index (χ0v) is 9.61. The molecule has 0 aliphatic carbocycles. The van der Waals surface area contributed by atoms with E-state index in [2.05, 4.69) is 23.4 Å². The first-order chi connectivity index (χ1) is 7.30. The molecule has 0 aromatic carbocycles. The minimum atomic E-state index is 0.379. The quantitative estimate of drug-likeness (QED) is 0.635. The van der Waals surface area contributed by atoms with Crippen molar-refractivity contribution in [2.45, 2.75) is 18.6 Å². The van der Waals surface area contributed by atoms with Crippen molar-refractivity contribution in [2.24, 2.45) is 0 Å². The second-order valence-corrected chi connectivity index (χ2v) is 3.99. The summed E-state index contributed by atoms with van der Waals surface area (Å²) in [5.74, 6) is 0. The van der Waals surface area contributed by atoms with Gasteiger partial charge in [0.15, 0.2) is 0 Å². The van der Waals surface area contributed by atoms with E-state index in [-0.39, 0.29) is 0 Å². The predicted molar refractivity (Wildman–Crippen MR) is 64.0 cm³/mol. The van der Waals surface area contributed by atoms with Gasteiger partial charge in [-0.25, -0.2) is 0 Å². The van der Waals surface area contributed by atoms with Gasteiger partial charge >= 0.3 is 0 Å². The van der Waals surface area contributed by atoms with Crippen LogP contribution < -0.4 is 5.32 Å². The lowest BCUT2D eigenvalue weighted by Crippen LogP contribution is -2.37. The lowest BCUT2D eigenvalue weighted by molar-refractivity contribution is 0.116. The fourth-order valence-corrected chi connectivity index (χ4v) is 2.00. The third-order valence-corrected chi connectivity index (χ3v) is 2.77. The van der Waals surface area contributed by atoms with Gasteiger partial charge in [0.25, 0.3) is 0 Å². The molecular formula is C12H22N2O. The maximum absolute atomic E-state index is 5.32. The molecule has 0 saturated carbocycles. The number of ether oxygens (including phenoxy) is 1. The van der Waals surface area contributed by atoms with Crippen LogP contribution in [0.3, 0.4) is 0 Å². The Morgan fingerprint density at radius 3 is 2.53 bits per heavy atom. The molecule has 0 bridgehead atoms. The van der Waals surface area contributed by atoms with E-state index in [9.17, 15) is 0 Å². The van der Waals surface area contributed by atoms with Crippen LogP contribution in [0.15, 0.2) is 25.3 Å². The molecular weight excluding hydrogens is 188 g/mol. The second-order valence-electron chi connectivity index (χ2n) is 3.99. The van der Waals surface area contributed by atoms with E-state index in [0.29, 0.717) is 12.1 Å². The first kappa shape index (κ1) is 12.4. The molecule has 0 aromatic rings. The third kappa shape index (κ3) is 4.16. The highest BCUT2D eigenvalue weighted by molar-refractivity contribution is 4.88. The predicted octanol–water partition coefficient (Wildman–Crippen LogP) is 1.04. The van der Waals surface area contributed by atoms with Crippen LogP contribution in [0, 0.1) is 0 Å². The number of hydrogen-bond donors (Lipinski definition) is 1. The van der Waals surface area contributed by atoms with Gasteiger partial charge in [0, 0.05) is 39.3 Å². The fraction of sp³-hybridized carbons (Fsp3) is 0.667. The zero-order valence-electron chi connectivity index (χ0n) is 9.61. The molecule has 1 heterocycles. The molecule has 86 valence electrons. The first-order valence-electron chi connectivity index (χ1n) is 5.50. The fourth-order valence-electron chi connectivity index (χ4n) is 2.00. The summed E-state index contributed by atoms with van der Waals surface area (Å²) >= 11 is 0. The summed E-state index contributed by atoms with van der Waals surface area (Å²) in [6.45, 7) is 11.4. The maximum atomic E-state index is 5.32. The summed E-state index contributed by atoms with van der Waals surface area (Å²) < 4.78 is 5.32. The lowest BCUT2D eigenvalue weighted by Gasteiger charge is -2.22. The van der Waals surface area contributed by atoms with Crippen molar-refractivity contribution >= 4 is 0 Å². The highest BCUT2D eigenvalue weighted by Gasteiger charge is 2.24. The Morgan fingerprint density at radius 1 is 1.40 bits per heavy atom. The summed E-state index contributed by atoms with van der Waals surface area (Å²) in [5, 5.41) is 3.47. The molecule has 3 heteroatoms. The van der Waals surface area contributed by atoms with Crippen molar-refractivity contribution in [1.82, 2.24) is 10.2 Å². The van der Waals surface area contributed by atoms with Crippen LogP contribution >= 0.6 is 0 Å². The van der Waals surface area contributed by atoms with Gasteiger partial charge in [-0.15, -0.1) is 13.2 Å². The Labute approximate surface area is 92.8 Å². The molecule has 1 aliphatic heterocycles. The molecule has 2 atom stereocenters. The molecule has 0 amide bonds. The number of hydrogen-bond acceptors (Lipinski definition) is 3. The van der Waals surface area contributed by atoms with Crippen molar-refractivity contribution in [2.75, 3.05) is 33.3 Å². The largest absolute Gasteiger partial charge is 0.380 e. The van der Waals surface area contributed by atoms with Gasteiger partial charge in [-0.05, 0) is 6.42 Å². The maximum Gasteiger partial charge on any atom is 0.0711 e. The van der Waals surface area contributed by atoms with Crippen LogP contribution in [0.2, 0.25) is 0 Å². The number of methoxy groups -OCH3 is 1. The lowest BCUT2D eigenvalue weighted by atomic mass is 10.2. The van der Waals surface area contributed by atoms with Crippen LogP contribution in [0.25, 0.3) is 0 Å². The molecule has 1 rings (SSSR count). The zero-order chi connectivity index (χ0) is 11.1. The molecule has 2 unspecified atom stereocenters. The van der Waals surface area contributed by atoms with Gasteiger partial charge in [0.2, 0.25) is 0 Å². The Hall–Kier alpha value is -0.640. The summed E-state index contributed by atoms with van der Waals surface area (Å²) in [6.07, 6.45) is 5.35. The van der Waals surface area contributed by atoms with Crippen molar-refractivity contribution in [3.05, 3.63) is 25.3 Å². The summed E-state index contributed by atoms with van der Waals surface area (Å²) in [4.78, 5) is 2.33. The highest BCUT2D eigenvalue weighted by Crippen LogP contribution is 2.10. The van der Waals surface area contributed by atoms with Gasteiger partial charge in [-0.1, -0.05) is 12.2 Å². The van der Waals surface area contributed by atoms with E-state index in [1.54, 1.807) is 7.11 Å². The van der Waals surface area contributed by atoms with Gasteiger partial charge in [-0.2, -0.15) is 0 Å². The van der Waals surface area contributed by atoms with Gasteiger partial charge < -0.3 is 10.1 Å². The minimum Gasteiger partial charge on any atom is -0.380 e. The first-order valence-corrected chi connectivity index (χ1v) is 5.50.